The van der Waals surface area contributed by atoms with Gasteiger partial charge in [-0.3, -0.25) is 0 Å². The number of anilines is 1. The number of aromatic nitrogens is 2. The Bertz CT molecular complexity index is 570. The summed E-state index contributed by atoms with van der Waals surface area (Å²) in [5.41, 5.74) is 7.97. The molecular formula is C14H18BrClN4. The molecule has 1 heterocycles. The van der Waals surface area contributed by atoms with Crippen molar-refractivity contribution in [2.75, 3.05) is 11.9 Å². The molecule has 3 N–H and O–H groups in total. The van der Waals surface area contributed by atoms with Crippen LogP contribution in [0.1, 0.15) is 25.1 Å². The zero-order valence-corrected chi connectivity index (χ0v) is 13.7. The summed E-state index contributed by atoms with van der Waals surface area (Å²) in [5.74, 6) is 0. The van der Waals surface area contributed by atoms with Crippen LogP contribution in [0.25, 0.3) is 0 Å². The summed E-state index contributed by atoms with van der Waals surface area (Å²) in [6.45, 7) is 3.58. The quantitative estimate of drug-likeness (QED) is 0.826. The van der Waals surface area contributed by atoms with Crippen molar-refractivity contribution in [3.63, 3.8) is 0 Å². The normalized spacial score (nSPS) is 12.4. The molecule has 1 aromatic heterocycles. The van der Waals surface area contributed by atoms with Gasteiger partial charge in [-0.05, 0) is 40.5 Å². The van der Waals surface area contributed by atoms with Crippen LogP contribution < -0.4 is 11.1 Å². The first-order valence-electron chi connectivity index (χ1n) is 6.57. The lowest BCUT2D eigenvalue weighted by Crippen LogP contribution is -2.23. The number of nitrogens with one attached hydrogen (secondary N) is 1. The van der Waals surface area contributed by atoms with Crippen LogP contribution in [0.4, 0.5) is 5.69 Å². The van der Waals surface area contributed by atoms with E-state index in [0.717, 1.165) is 28.8 Å². The maximum atomic E-state index is 6.00. The first-order valence-corrected chi connectivity index (χ1v) is 7.74. The Hall–Kier alpha value is -1.04. The Morgan fingerprint density at radius 2 is 2.30 bits per heavy atom. The third-order valence-electron chi connectivity index (χ3n) is 3.06. The van der Waals surface area contributed by atoms with E-state index in [1.54, 1.807) is 0 Å². The highest BCUT2D eigenvalue weighted by atomic mass is 79.9. The highest BCUT2D eigenvalue weighted by Gasteiger charge is 2.14. The van der Waals surface area contributed by atoms with Crippen LogP contribution in [0.3, 0.4) is 0 Å². The van der Waals surface area contributed by atoms with Crippen molar-refractivity contribution in [1.82, 2.24) is 9.55 Å². The van der Waals surface area contributed by atoms with Crippen molar-refractivity contribution >= 4 is 33.2 Å². The van der Waals surface area contributed by atoms with Gasteiger partial charge in [0, 0.05) is 23.2 Å². The second kappa shape index (κ2) is 7.11. The lowest BCUT2D eigenvalue weighted by Gasteiger charge is -2.20. The fourth-order valence-corrected chi connectivity index (χ4v) is 2.59. The van der Waals surface area contributed by atoms with E-state index in [9.17, 15) is 0 Å². The van der Waals surface area contributed by atoms with Crippen LogP contribution in [0.15, 0.2) is 35.2 Å². The van der Waals surface area contributed by atoms with Crippen molar-refractivity contribution in [3.8, 4) is 0 Å². The molecule has 0 fully saturated rings. The summed E-state index contributed by atoms with van der Waals surface area (Å²) in [4.78, 5) is 4.22. The van der Waals surface area contributed by atoms with E-state index in [4.69, 9.17) is 17.3 Å². The van der Waals surface area contributed by atoms with Gasteiger partial charge in [-0.15, -0.1) is 0 Å². The molecule has 0 aliphatic carbocycles. The minimum Gasteiger partial charge on any atom is -0.375 e. The highest BCUT2D eigenvalue weighted by molar-refractivity contribution is 9.10. The van der Waals surface area contributed by atoms with Gasteiger partial charge in [0.2, 0.25) is 0 Å². The van der Waals surface area contributed by atoms with E-state index in [1.165, 1.54) is 0 Å². The van der Waals surface area contributed by atoms with E-state index in [-0.39, 0.29) is 6.04 Å². The van der Waals surface area contributed by atoms with E-state index in [1.807, 2.05) is 30.7 Å². The Balaban J connectivity index is 2.19. The third kappa shape index (κ3) is 3.53. The summed E-state index contributed by atoms with van der Waals surface area (Å²) in [7, 11) is 0. The Kier molecular flexibility index (Phi) is 5.46. The molecule has 0 spiro atoms. The standard InChI is InChI=1S/C14H18BrClN4/c1-2-5-20-9-18-8-14(20)13(7-17)19-10-3-4-12(16)11(15)6-10/h3-4,6,8-9,13,19H,2,5,7,17H2,1H3. The molecule has 0 saturated heterocycles. The van der Waals surface area contributed by atoms with Gasteiger partial charge in [0.05, 0.1) is 29.3 Å². The average molecular weight is 358 g/mol. The molecule has 4 nitrogen and oxygen atoms in total. The van der Waals surface area contributed by atoms with Crippen LogP contribution in [0.5, 0.6) is 0 Å². The van der Waals surface area contributed by atoms with Crippen molar-refractivity contribution in [1.29, 1.82) is 0 Å². The van der Waals surface area contributed by atoms with E-state index in [0.29, 0.717) is 11.6 Å². The number of imidazole rings is 1. The zero-order chi connectivity index (χ0) is 14.5. The number of aryl methyl sites for hydroxylation is 1. The van der Waals surface area contributed by atoms with Crippen molar-refractivity contribution in [2.24, 2.45) is 5.73 Å². The number of nitrogens with two attached hydrogens (primary N) is 1. The van der Waals surface area contributed by atoms with E-state index >= 15 is 0 Å². The molecule has 20 heavy (non-hydrogen) atoms. The SMILES string of the molecule is CCCn1cncc1C(CN)Nc1ccc(Cl)c(Br)c1. The molecule has 6 heteroatoms. The summed E-state index contributed by atoms with van der Waals surface area (Å²) in [5, 5.41) is 4.11. The molecule has 2 rings (SSSR count). The highest BCUT2D eigenvalue weighted by Crippen LogP contribution is 2.27. The lowest BCUT2D eigenvalue weighted by atomic mass is 10.2. The molecular weight excluding hydrogens is 340 g/mol. The molecule has 0 aliphatic rings. The molecule has 108 valence electrons. The van der Waals surface area contributed by atoms with Gasteiger partial charge >= 0.3 is 0 Å². The summed E-state index contributed by atoms with van der Waals surface area (Å²) in [6.07, 6.45) is 4.78. The van der Waals surface area contributed by atoms with Gasteiger partial charge in [-0.2, -0.15) is 0 Å². The first-order chi connectivity index (χ1) is 9.65. The fourth-order valence-electron chi connectivity index (χ4n) is 2.09. The Morgan fingerprint density at radius 1 is 1.50 bits per heavy atom. The van der Waals surface area contributed by atoms with Crippen LogP contribution in [0, 0.1) is 0 Å². The third-order valence-corrected chi connectivity index (χ3v) is 4.28. The van der Waals surface area contributed by atoms with Crippen LogP contribution >= 0.6 is 27.5 Å². The summed E-state index contributed by atoms with van der Waals surface area (Å²) >= 11 is 9.43. The molecule has 0 amide bonds. The van der Waals surface area contributed by atoms with Crippen molar-refractivity contribution in [3.05, 3.63) is 45.9 Å². The zero-order valence-electron chi connectivity index (χ0n) is 11.3. The lowest BCUT2D eigenvalue weighted by molar-refractivity contribution is 0.613. The second-order valence-corrected chi connectivity index (χ2v) is 5.83. The molecule has 2 aromatic rings. The van der Waals surface area contributed by atoms with Crippen molar-refractivity contribution < 1.29 is 0 Å². The molecule has 1 atom stereocenters. The van der Waals surface area contributed by atoms with Gasteiger partial charge in [-0.25, -0.2) is 4.98 Å². The molecule has 0 saturated carbocycles. The number of hydrogen-bond acceptors (Lipinski definition) is 3. The topological polar surface area (TPSA) is 55.9 Å². The predicted octanol–water partition coefficient (Wildman–Crippen LogP) is 3.82. The maximum Gasteiger partial charge on any atom is 0.0948 e. The Morgan fingerprint density at radius 3 is 2.95 bits per heavy atom. The van der Waals surface area contributed by atoms with Gasteiger partial charge in [0.1, 0.15) is 0 Å². The summed E-state index contributed by atoms with van der Waals surface area (Å²) < 4.78 is 3.00. The number of rotatable bonds is 6. The van der Waals surface area contributed by atoms with Gasteiger partial charge in [-0.1, -0.05) is 18.5 Å². The molecule has 0 bridgehead atoms. The molecule has 0 radical (unpaired) electrons. The van der Waals surface area contributed by atoms with Crippen LogP contribution in [0.2, 0.25) is 5.02 Å². The van der Waals surface area contributed by atoms with Crippen molar-refractivity contribution in [2.45, 2.75) is 25.9 Å². The maximum absolute atomic E-state index is 6.00. The summed E-state index contributed by atoms with van der Waals surface area (Å²) in [6, 6.07) is 5.77. The minimum absolute atomic E-state index is 0.0251. The molecule has 0 aliphatic heterocycles. The Labute approximate surface area is 132 Å². The number of halogens is 2. The second-order valence-electron chi connectivity index (χ2n) is 4.57. The number of benzene rings is 1. The van der Waals surface area contributed by atoms with Gasteiger partial charge < -0.3 is 15.6 Å². The van der Waals surface area contributed by atoms with E-state index in [2.05, 4.69) is 37.7 Å². The fraction of sp³-hybridized carbons (Fsp3) is 0.357. The first kappa shape index (κ1) is 15.4. The predicted molar refractivity (Wildman–Crippen MR) is 87.1 cm³/mol. The van der Waals surface area contributed by atoms with Crippen LogP contribution in [-0.2, 0) is 6.54 Å². The smallest absolute Gasteiger partial charge is 0.0948 e. The van der Waals surface area contributed by atoms with Crippen LogP contribution in [-0.4, -0.2) is 16.1 Å². The monoisotopic (exact) mass is 356 g/mol. The number of nitrogens with zero attached hydrogens (tertiary/aromatic N) is 2. The molecule has 1 unspecified atom stereocenters. The number of hydrogen-bond donors (Lipinski definition) is 2. The largest absolute Gasteiger partial charge is 0.375 e. The van der Waals surface area contributed by atoms with Gasteiger partial charge in [0.25, 0.3) is 0 Å². The van der Waals surface area contributed by atoms with Gasteiger partial charge in [0.15, 0.2) is 0 Å². The van der Waals surface area contributed by atoms with E-state index < -0.39 is 0 Å². The average Bonchev–Trinajstić information content (AvgIpc) is 2.88. The molecule has 1 aromatic carbocycles. The minimum atomic E-state index is 0.0251.